The Morgan fingerprint density at radius 1 is 1.31 bits per heavy atom. The largest absolute Gasteiger partial charge is 0.872 e. The summed E-state index contributed by atoms with van der Waals surface area (Å²) in [4.78, 5) is 26.5. The van der Waals surface area contributed by atoms with Crippen molar-refractivity contribution in [2.45, 2.75) is 0 Å². The van der Waals surface area contributed by atoms with Gasteiger partial charge in [0, 0.05) is 50.9 Å². The minimum Gasteiger partial charge on any atom is -0.872 e. The summed E-state index contributed by atoms with van der Waals surface area (Å²) in [5, 5.41) is 28.2. The number of imidazole rings is 1. The monoisotopic (exact) mass is 475 g/mol. The molecule has 0 unspecified atom stereocenters. The molecule has 0 atom stereocenters. The van der Waals surface area contributed by atoms with E-state index >= 15 is 0 Å². The molecule has 0 amide bonds. The molecule has 0 aliphatic carbocycles. The van der Waals surface area contributed by atoms with Crippen LogP contribution in [0.1, 0.15) is 0 Å². The van der Waals surface area contributed by atoms with Crippen molar-refractivity contribution in [2.24, 2.45) is 0 Å². The number of rotatable bonds is 4. The molecule has 3 aliphatic rings. The lowest BCUT2D eigenvalue weighted by molar-refractivity contribution is -0.552. The Bertz CT molecular complexity index is 1460. The van der Waals surface area contributed by atoms with Gasteiger partial charge in [-0.3, -0.25) is 15.0 Å². The van der Waals surface area contributed by atoms with Gasteiger partial charge in [-0.1, -0.05) is 17.4 Å². The van der Waals surface area contributed by atoms with Gasteiger partial charge in [0.2, 0.25) is 5.35 Å². The highest BCUT2D eigenvalue weighted by Gasteiger charge is 2.32. The number of piperazine rings is 1. The minimum absolute atomic E-state index is 0.0599. The SMILES string of the molecule is COc1cc2sc3cc([N+](=O)[O-])c[n+]4c3-n(c(=O)/c4=C(\[O-])CN3CCNCC3)c2cc1Cl. The molecule has 1 aromatic carbocycles. The van der Waals surface area contributed by atoms with Crippen LogP contribution in [0.4, 0.5) is 5.69 Å². The minimum atomic E-state index is -0.534. The highest BCUT2D eigenvalue weighted by Crippen LogP contribution is 2.36. The average molecular weight is 476 g/mol. The molecule has 166 valence electrons. The summed E-state index contributed by atoms with van der Waals surface area (Å²) in [5.41, 5.74) is -0.233. The van der Waals surface area contributed by atoms with Crippen molar-refractivity contribution < 1.29 is 19.2 Å². The van der Waals surface area contributed by atoms with Crippen LogP contribution in [0, 0.1) is 10.1 Å². The van der Waals surface area contributed by atoms with Crippen molar-refractivity contribution in [1.82, 2.24) is 14.8 Å². The van der Waals surface area contributed by atoms with E-state index in [2.05, 4.69) is 5.32 Å². The van der Waals surface area contributed by atoms with Gasteiger partial charge in [0.05, 0.1) is 21.8 Å². The van der Waals surface area contributed by atoms with Crippen LogP contribution in [-0.4, -0.2) is 54.2 Å². The number of benzene rings is 1. The van der Waals surface area contributed by atoms with E-state index in [1.807, 2.05) is 4.90 Å². The van der Waals surface area contributed by atoms with Crippen molar-refractivity contribution in [1.29, 1.82) is 0 Å². The second-order valence-electron chi connectivity index (χ2n) is 7.51. The standard InChI is InChI=1S/C20H18ClN5O5S/c1-31-15-8-16-13(7-12(15)21)25-19-17(32-16)6-11(26(29)30)9-24(19)18(20(25)28)14(27)10-23-4-2-22-3-5-23/h6-9,22H,2-5,10H2,1H3. The van der Waals surface area contributed by atoms with E-state index in [4.69, 9.17) is 16.3 Å². The van der Waals surface area contributed by atoms with Gasteiger partial charge in [0.25, 0.3) is 0 Å². The lowest BCUT2D eigenvalue weighted by atomic mass is 10.3. The van der Waals surface area contributed by atoms with Crippen molar-refractivity contribution >= 4 is 49.3 Å². The first-order valence-electron chi connectivity index (χ1n) is 9.86. The number of nitro groups is 1. The molecule has 5 rings (SSSR count). The van der Waals surface area contributed by atoms with Crippen molar-refractivity contribution in [3.8, 4) is 11.6 Å². The zero-order valence-corrected chi connectivity index (χ0v) is 18.5. The molecule has 1 fully saturated rings. The normalized spacial score (nSPS) is 16.2. The third-order valence-corrected chi connectivity index (χ3v) is 6.96. The van der Waals surface area contributed by atoms with Gasteiger partial charge in [0.1, 0.15) is 10.4 Å². The van der Waals surface area contributed by atoms with Gasteiger partial charge in [-0.2, -0.15) is 8.97 Å². The summed E-state index contributed by atoms with van der Waals surface area (Å²) in [7, 11) is 1.48. The maximum absolute atomic E-state index is 13.5. The molecule has 12 heteroatoms. The fourth-order valence-corrected chi connectivity index (χ4v) is 5.45. The van der Waals surface area contributed by atoms with Crippen LogP contribution in [0.25, 0.3) is 26.5 Å². The molecule has 0 radical (unpaired) electrons. The Kier molecular flexibility index (Phi) is 5.13. The number of hydrogen-bond donors (Lipinski definition) is 1. The van der Waals surface area contributed by atoms with E-state index in [-0.39, 0.29) is 23.3 Å². The van der Waals surface area contributed by atoms with Gasteiger partial charge in [-0.15, -0.1) is 11.3 Å². The molecule has 1 N–H and O–H groups in total. The third kappa shape index (κ3) is 3.25. The molecule has 0 saturated carbocycles. The molecular weight excluding hydrogens is 458 g/mol. The summed E-state index contributed by atoms with van der Waals surface area (Å²) >= 11 is 7.58. The molecule has 1 aromatic heterocycles. The summed E-state index contributed by atoms with van der Waals surface area (Å²) in [6, 6.07) is 4.70. The topological polar surface area (TPSA) is 117 Å². The predicted molar refractivity (Wildman–Crippen MR) is 118 cm³/mol. The quantitative estimate of drug-likeness (QED) is 0.189. The van der Waals surface area contributed by atoms with Gasteiger partial charge < -0.3 is 15.2 Å². The lowest BCUT2D eigenvalue weighted by Gasteiger charge is -2.29. The zero-order chi connectivity index (χ0) is 22.6. The summed E-state index contributed by atoms with van der Waals surface area (Å²) in [5.74, 6) is 0.443. The van der Waals surface area contributed by atoms with Gasteiger partial charge in [-0.25, -0.2) is 4.79 Å². The number of pyridine rings is 1. The molecular formula is C20H18ClN5O5S. The highest BCUT2D eigenvalue weighted by atomic mass is 35.5. The maximum atomic E-state index is 13.5. The van der Waals surface area contributed by atoms with Crippen molar-refractivity contribution in [3.05, 3.63) is 55.2 Å². The number of fused-ring (bicyclic) bond motifs is 2. The summed E-state index contributed by atoms with van der Waals surface area (Å²) < 4.78 is 9.18. The van der Waals surface area contributed by atoms with Gasteiger partial charge in [-0.05, 0) is 0 Å². The fourth-order valence-electron chi connectivity index (χ4n) is 4.10. The predicted octanol–water partition coefficient (Wildman–Crippen LogP) is -0.108. The molecule has 1 saturated heterocycles. The van der Waals surface area contributed by atoms with Crippen LogP contribution in [0.15, 0.2) is 29.2 Å². The molecule has 10 nitrogen and oxygen atoms in total. The van der Waals surface area contributed by atoms with E-state index in [1.165, 1.54) is 39.7 Å². The van der Waals surface area contributed by atoms with Crippen LogP contribution >= 0.6 is 22.9 Å². The third-order valence-electron chi connectivity index (χ3n) is 5.59. The second-order valence-corrected chi connectivity index (χ2v) is 9.00. The number of nitrogens with zero attached hydrogens (tertiary/aromatic N) is 4. The second kappa shape index (κ2) is 7.85. The lowest BCUT2D eigenvalue weighted by Crippen LogP contribution is -2.51. The first kappa shape index (κ1) is 20.9. The Balaban J connectivity index is 1.89. The smallest absolute Gasteiger partial charge is 0.385 e. The van der Waals surface area contributed by atoms with E-state index in [0.717, 1.165) is 13.1 Å². The van der Waals surface area contributed by atoms with Crippen molar-refractivity contribution in [3.63, 3.8) is 0 Å². The molecule has 4 heterocycles. The van der Waals surface area contributed by atoms with E-state index < -0.39 is 10.5 Å². The Morgan fingerprint density at radius 2 is 2.06 bits per heavy atom. The number of ether oxygens (including phenoxy) is 1. The highest BCUT2D eigenvalue weighted by molar-refractivity contribution is 7.24. The summed E-state index contributed by atoms with van der Waals surface area (Å²) in [6.07, 6.45) is 1.23. The molecule has 3 aliphatic heterocycles. The molecule has 0 spiro atoms. The summed E-state index contributed by atoms with van der Waals surface area (Å²) in [6.45, 7) is 2.94. The molecule has 0 bridgehead atoms. The van der Waals surface area contributed by atoms with Gasteiger partial charge in [0.15, 0.2) is 11.7 Å². The van der Waals surface area contributed by atoms with Crippen LogP contribution < -0.4 is 30.5 Å². The Morgan fingerprint density at radius 3 is 2.75 bits per heavy atom. The number of nitrogens with one attached hydrogen (secondary N) is 1. The van der Waals surface area contributed by atoms with Crippen molar-refractivity contribution in [2.75, 3.05) is 39.8 Å². The van der Waals surface area contributed by atoms with Crippen LogP contribution in [0.3, 0.4) is 0 Å². The number of methoxy groups -OCH3 is 1. The average Bonchev–Trinajstić information content (AvgIpc) is 3.07. The number of aromatic nitrogens is 2. The molecule has 2 aromatic rings. The van der Waals surface area contributed by atoms with Crippen LogP contribution in [0.5, 0.6) is 5.75 Å². The molecule has 32 heavy (non-hydrogen) atoms. The van der Waals surface area contributed by atoms with E-state index in [9.17, 15) is 20.0 Å². The fraction of sp³-hybridized carbons (Fsp3) is 0.300. The zero-order valence-electron chi connectivity index (χ0n) is 17.0. The number of hydrogen-bond acceptors (Lipinski definition) is 8. The first-order chi connectivity index (χ1) is 15.4. The van der Waals surface area contributed by atoms with E-state index in [0.29, 0.717) is 44.6 Å². The Labute approximate surface area is 190 Å². The van der Waals surface area contributed by atoms with Crippen LogP contribution in [-0.2, 0) is 0 Å². The van der Waals surface area contributed by atoms with E-state index in [1.54, 1.807) is 12.1 Å². The first-order valence-corrected chi connectivity index (χ1v) is 11.1. The maximum Gasteiger partial charge on any atom is 0.385 e. The Hall–Kier alpha value is -2.99. The van der Waals surface area contributed by atoms with Gasteiger partial charge >= 0.3 is 17.1 Å². The van der Waals surface area contributed by atoms with Crippen LogP contribution in [0.2, 0.25) is 5.02 Å². The number of halogens is 1.